The number of hydrogen-bond acceptors (Lipinski definition) is 4. The molecule has 3 saturated heterocycles. The van der Waals surface area contributed by atoms with Crippen LogP contribution in [-0.2, 0) is 0 Å². The average Bonchev–Trinajstić information content (AvgIpc) is 3.15. The van der Waals surface area contributed by atoms with Gasteiger partial charge in [0, 0.05) is 43.9 Å². The summed E-state index contributed by atoms with van der Waals surface area (Å²) in [7, 11) is 1.64. The van der Waals surface area contributed by atoms with Crippen LogP contribution in [0.5, 0.6) is 5.88 Å². The molecule has 2 bridgehead atoms. The third-order valence-electron chi connectivity index (χ3n) is 5.56. The summed E-state index contributed by atoms with van der Waals surface area (Å²) in [6.45, 7) is 4.77. The first-order valence-corrected chi connectivity index (χ1v) is 7.24. The van der Waals surface area contributed by atoms with E-state index in [1.54, 1.807) is 7.11 Å². The zero-order chi connectivity index (χ0) is 12.9. The number of hydrogen-bond donors (Lipinski definition) is 1. The van der Waals surface area contributed by atoms with E-state index in [0.29, 0.717) is 11.4 Å². The molecule has 0 amide bonds. The monoisotopic (exact) mass is 261 g/mol. The van der Waals surface area contributed by atoms with E-state index in [0.717, 1.165) is 29.3 Å². The van der Waals surface area contributed by atoms with Crippen molar-refractivity contribution in [1.29, 1.82) is 0 Å². The van der Waals surface area contributed by atoms with Crippen LogP contribution in [0.4, 0.5) is 5.82 Å². The Bertz CT molecular complexity index is 483. The van der Waals surface area contributed by atoms with Gasteiger partial charge in [0.15, 0.2) is 0 Å². The summed E-state index contributed by atoms with van der Waals surface area (Å²) in [6, 6.07) is 4.08. The van der Waals surface area contributed by atoms with E-state index in [1.807, 2.05) is 6.07 Å². The maximum Gasteiger partial charge on any atom is 0.247 e. The first-order chi connectivity index (χ1) is 9.28. The van der Waals surface area contributed by atoms with Crippen molar-refractivity contribution >= 4 is 5.82 Å². The average molecular weight is 261 g/mol. The fourth-order valence-electron chi connectivity index (χ4n) is 4.71. The number of nitrogens with zero attached hydrogens (tertiary/aromatic N) is 3. The van der Waals surface area contributed by atoms with Gasteiger partial charge in [0.2, 0.25) is 11.7 Å². The molecule has 0 aliphatic carbocycles. The number of methoxy groups -OCH3 is 1. The standard InChI is InChI=1S/C14H21N4O/c1-19-13-3-2-12(16-17-13)18-7-4-11(9-18)8-14(18)5-6-15-10-14/h2-3,11,15H,4-10H2,1H3/q+1. The lowest BCUT2D eigenvalue weighted by Gasteiger charge is -2.44. The number of aromatic nitrogens is 2. The number of piperidine rings is 1. The molecule has 5 heteroatoms. The van der Waals surface area contributed by atoms with Crippen LogP contribution in [0.1, 0.15) is 19.3 Å². The maximum atomic E-state index is 5.13. The van der Waals surface area contributed by atoms with Crippen molar-refractivity contribution in [3.8, 4) is 5.88 Å². The first-order valence-electron chi connectivity index (χ1n) is 7.24. The molecule has 5 nitrogen and oxygen atoms in total. The Hall–Kier alpha value is -1.20. The second-order valence-electron chi connectivity index (χ2n) is 6.32. The zero-order valence-electron chi connectivity index (χ0n) is 11.4. The summed E-state index contributed by atoms with van der Waals surface area (Å²) >= 11 is 0. The van der Waals surface area contributed by atoms with Crippen LogP contribution in [0.3, 0.4) is 0 Å². The SMILES string of the molecule is COc1ccc([N+]23CCC(CC24CCNC4)C3)nn1. The smallest absolute Gasteiger partial charge is 0.247 e. The fourth-order valence-corrected chi connectivity index (χ4v) is 4.71. The highest BCUT2D eigenvalue weighted by molar-refractivity contribution is 5.42. The molecule has 3 aliphatic rings. The van der Waals surface area contributed by atoms with Crippen molar-refractivity contribution in [2.45, 2.75) is 24.8 Å². The van der Waals surface area contributed by atoms with Gasteiger partial charge in [-0.3, -0.25) is 4.48 Å². The van der Waals surface area contributed by atoms with Crippen LogP contribution >= 0.6 is 0 Å². The van der Waals surface area contributed by atoms with Gasteiger partial charge in [-0.2, -0.15) is 0 Å². The normalized spacial score (nSPS) is 40.2. The topological polar surface area (TPSA) is 47.0 Å². The minimum Gasteiger partial charge on any atom is -0.480 e. The van der Waals surface area contributed by atoms with Crippen molar-refractivity contribution in [1.82, 2.24) is 20.0 Å². The largest absolute Gasteiger partial charge is 0.480 e. The second-order valence-corrected chi connectivity index (χ2v) is 6.32. The minimum atomic E-state index is 0.381. The quantitative estimate of drug-likeness (QED) is 0.805. The first kappa shape index (κ1) is 11.6. The molecule has 0 aromatic carbocycles. The highest BCUT2D eigenvalue weighted by Crippen LogP contribution is 2.52. The number of fused-ring (bicyclic) bond motifs is 3. The minimum absolute atomic E-state index is 0.381. The molecule has 4 rings (SSSR count). The maximum absolute atomic E-state index is 5.13. The van der Waals surface area contributed by atoms with E-state index in [1.165, 1.54) is 32.4 Å². The van der Waals surface area contributed by atoms with Crippen molar-refractivity contribution in [3.63, 3.8) is 0 Å². The van der Waals surface area contributed by atoms with Gasteiger partial charge in [-0.1, -0.05) is 5.10 Å². The van der Waals surface area contributed by atoms with Gasteiger partial charge in [0.1, 0.15) is 5.54 Å². The lowest BCUT2D eigenvalue weighted by atomic mass is 9.85. The molecular weight excluding hydrogens is 240 g/mol. The van der Waals surface area contributed by atoms with Crippen molar-refractivity contribution in [3.05, 3.63) is 12.1 Å². The molecule has 102 valence electrons. The van der Waals surface area contributed by atoms with E-state index in [-0.39, 0.29) is 0 Å². The molecule has 3 aliphatic heterocycles. The molecule has 3 fully saturated rings. The predicted molar refractivity (Wildman–Crippen MR) is 73.1 cm³/mol. The highest BCUT2D eigenvalue weighted by Gasteiger charge is 2.64. The van der Waals surface area contributed by atoms with Crippen molar-refractivity contribution < 1.29 is 4.74 Å². The Balaban J connectivity index is 1.77. The van der Waals surface area contributed by atoms with Gasteiger partial charge in [-0.15, -0.1) is 5.10 Å². The van der Waals surface area contributed by atoms with E-state index in [2.05, 4.69) is 21.6 Å². The predicted octanol–water partition coefficient (Wildman–Crippen LogP) is 0.948. The third-order valence-corrected chi connectivity index (χ3v) is 5.56. The Morgan fingerprint density at radius 2 is 2.37 bits per heavy atom. The summed E-state index contributed by atoms with van der Waals surface area (Å²) in [6.07, 6.45) is 3.97. The summed E-state index contributed by atoms with van der Waals surface area (Å²) < 4.78 is 6.19. The van der Waals surface area contributed by atoms with Gasteiger partial charge in [0.05, 0.1) is 26.7 Å². The van der Waals surface area contributed by atoms with Crippen LogP contribution in [-0.4, -0.2) is 49.0 Å². The van der Waals surface area contributed by atoms with Gasteiger partial charge in [-0.25, -0.2) is 0 Å². The molecule has 1 spiro atoms. The Morgan fingerprint density at radius 3 is 3.00 bits per heavy atom. The van der Waals surface area contributed by atoms with Gasteiger partial charge >= 0.3 is 0 Å². The summed E-state index contributed by atoms with van der Waals surface area (Å²) in [5.41, 5.74) is 0.381. The van der Waals surface area contributed by atoms with Crippen LogP contribution in [0.15, 0.2) is 12.1 Å². The Morgan fingerprint density at radius 1 is 1.42 bits per heavy atom. The molecule has 4 heterocycles. The van der Waals surface area contributed by atoms with Crippen LogP contribution in [0.25, 0.3) is 0 Å². The van der Waals surface area contributed by atoms with E-state index in [9.17, 15) is 0 Å². The number of ether oxygens (including phenoxy) is 1. The van der Waals surface area contributed by atoms with Gasteiger partial charge in [-0.05, 0) is 0 Å². The van der Waals surface area contributed by atoms with Crippen LogP contribution in [0, 0.1) is 5.92 Å². The van der Waals surface area contributed by atoms with E-state index < -0.39 is 0 Å². The number of quaternary nitrogens is 1. The molecule has 1 aromatic rings. The molecular formula is C14H21N4O+. The van der Waals surface area contributed by atoms with Gasteiger partial charge < -0.3 is 10.1 Å². The number of nitrogens with one attached hydrogen (secondary N) is 1. The molecule has 19 heavy (non-hydrogen) atoms. The molecule has 0 radical (unpaired) electrons. The van der Waals surface area contributed by atoms with Crippen LogP contribution < -0.4 is 14.5 Å². The van der Waals surface area contributed by atoms with E-state index >= 15 is 0 Å². The molecule has 3 unspecified atom stereocenters. The lowest BCUT2D eigenvalue weighted by Crippen LogP contribution is -2.63. The Labute approximate surface area is 113 Å². The molecule has 0 saturated carbocycles. The van der Waals surface area contributed by atoms with Gasteiger partial charge in [0.25, 0.3) is 0 Å². The molecule has 1 aromatic heterocycles. The summed E-state index contributed by atoms with van der Waals surface area (Å²) in [5, 5.41) is 12.3. The fraction of sp³-hybridized carbons (Fsp3) is 0.714. The molecule has 1 N–H and O–H groups in total. The highest BCUT2D eigenvalue weighted by atomic mass is 16.5. The summed E-state index contributed by atoms with van der Waals surface area (Å²) in [4.78, 5) is 0. The summed E-state index contributed by atoms with van der Waals surface area (Å²) in [5.74, 6) is 2.63. The zero-order valence-corrected chi connectivity index (χ0v) is 11.4. The van der Waals surface area contributed by atoms with Crippen LogP contribution in [0.2, 0.25) is 0 Å². The lowest BCUT2D eigenvalue weighted by molar-refractivity contribution is 0.150. The second kappa shape index (κ2) is 3.90. The third kappa shape index (κ3) is 1.43. The molecule has 3 atom stereocenters. The van der Waals surface area contributed by atoms with Crippen molar-refractivity contribution in [2.24, 2.45) is 5.92 Å². The van der Waals surface area contributed by atoms with Crippen molar-refractivity contribution in [2.75, 3.05) is 33.3 Å². The number of rotatable bonds is 2. The van der Waals surface area contributed by atoms with E-state index in [4.69, 9.17) is 4.74 Å². The Kier molecular flexibility index (Phi) is 2.38.